The molecule has 4 heteroatoms. The quantitative estimate of drug-likeness (QED) is 0.588. The summed E-state index contributed by atoms with van der Waals surface area (Å²) >= 11 is 0. The third kappa shape index (κ3) is 3.84. The lowest BCUT2D eigenvalue weighted by molar-refractivity contribution is -0.153. The molecule has 2 atom stereocenters. The van der Waals surface area contributed by atoms with Gasteiger partial charge in [-0.2, -0.15) is 0 Å². The predicted octanol–water partition coefficient (Wildman–Crippen LogP) is 2.39. The van der Waals surface area contributed by atoms with Gasteiger partial charge in [0.15, 0.2) is 0 Å². The van der Waals surface area contributed by atoms with E-state index in [1.807, 2.05) is 0 Å². The van der Waals surface area contributed by atoms with Gasteiger partial charge < -0.3 is 9.64 Å². The highest BCUT2D eigenvalue weighted by atomic mass is 16.5. The molecule has 1 saturated heterocycles. The van der Waals surface area contributed by atoms with Gasteiger partial charge in [0.2, 0.25) is 5.91 Å². The van der Waals surface area contributed by atoms with Gasteiger partial charge in [-0.15, -0.1) is 0 Å². The number of piperidine rings is 1. The van der Waals surface area contributed by atoms with Crippen molar-refractivity contribution in [1.82, 2.24) is 4.90 Å². The first-order valence-electron chi connectivity index (χ1n) is 7.65. The minimum atomic E-state index is -0.0741. The summed E-state index contributed by atoms with van der Waals surface area (Å²) in [6.07, 6.45) is 7.96. The van der Waals surface area contributed by atoms with E-state index < -0.39 is 0 Å². The van der Waals surface area contributed by atoms with E-state index in [9.17, 15) is 9.59 Å². The Hall–Kier alpha value is -1.32. The number of nitrogens with zero attached hydrogens (tertiary/aromatic N) is 1. The molecule has 0 aromatic rings. The predicted molar refractivity (Wildman–Crippen MR) is 77.0 cm³/mol. The van der Waals surface area contributed by atoms with E-state index >= 15 is 0 Å². The van der Waals surface area contributed by atoms with Gasteiger partial charge in [0.05, 0.1) is 12.5 Å². The van der Waals surface area contributed by atoms with Crippen LogP contribution in [0.4, 0.5) is 0 Å². The molecule has 0 saturated carbocycles. The summed E-state index contributed by atoms with van der Waals surface area (Å²) in [5.74, 6) is 1.04. The van der Waals surface area contributed by atoms with E-state index in [0.29, 0.717) is 31.5 Å². The maximum Gasteiger partial charge on any atom is 0.309 e. The number of esters is 1. The van der Waals surface area contributed by atoms with Gasteiger partial charge in [-0.25, -0.2) is 0 Å². The van der Waals surface area contributed by atoms with Gasteiger partial charge in [0.25, 0.3) is 0 Å². The lowest BCUT2D eigenvalue weighted by Gasteiger charge is -2.31. The highest BCUT2D eigenvalue weighted by Gasteiger charge is 2.28. The number of ether oxygens (including phenoxy) is 1. The first-order valence-corrected chi connectivity index (χ1v) is 7.65. The highest BCUT2D eigenvalue weighted by Crippen LogP contribution is 2.26. The summed E-state index contributed by atoms with van der Waals surface area (Å²) in [5, 5.41) is 0. The summed E-state index contributed by atoms with van der Waals surface area (Å²) in [4.78, 5) is 25.1. The molecule has 0 N–H and O–H groups in total. The minimum Gasteiger partial charge on any atom is -0.465 e. The molecule has 0 aromatic heterocycles. The van der Waals surface area contributed by atoms with Crippen molar-refractivity contribution >= 4 is 11.9 Å². The zero-order valence-corrected chi connectivity index (χ0v) is 12.5. The van der Waals surface area contributed by atoms with Crippen molar-refractivity contribution in [3.63, 3.8) is 0 Å². The van der Waals surface area contributed by atoms with Crippen LogP contribution in [-0.4, -0.2) is 36.5 Å². The van der Waals surface area contributed by atoms with Crippen molar-refractivity contribution in [3.8, 4) is 0 Å². The lowest BCUT2D eigenvalue weighted by atomic mass is 9.85. The van der Waals surface area contributed by atoms with Crippen LogP contribution in [0.3, 0.4) is 0 Å². The lowest BCUT2D eigenvalue weighted by Crippen LogP contribution is -2.39. The van der Waals surface area contributed by atoms with Crippen LogP contribution in [0.25, 0.3) is 0 Å². The Morgan fingerprint density at radius 3 is 2.45 bits per heavy atom. The Morgan fingerprint density at radius 2 is 1.85 bits per heavy atom. The first-order chi connectivity index (χ1) is 9.58. The molecule has 4 nitrogen and oxygen atoms in total. The summed E-state index contributed by atoms with van der Waals surface area (Å²) in [5.41, 5.74) is 0. The number of likely N-dealkylation sites (tertiary alicyclic amines) is 1. The molecule has 1 aliphatic heterocycles. The molecular formula is C16H25NO3. The van der Waals surface area contributed by atoms with Crippen molar-refractivity contribution in [2.75, 3.05) is 19.7 Å². The average molecular weight is 279 g/mol. The Bertz CT molecular complexity index is 383. The second-order valence-electron chi connectivity index (χ2n) is 6.09. The maximum absolute atomic E-state index is 12.1. The Kier molecular flexibility index (Phi) is 5.21. The molecule has 1 fully saturated rings. The van der Waals surface area contributed by atoms with E-state index in [0.717, 1.165) is 25.7 Å². The standard InChI is InChI=1S/C16H25NO3/c1-12-5-3-4-6-15(12)11-20-16(19)14-7-9-17(10-8-14)13(2)18/h3-4,12,14-15H,5-11H2,1-2H3. The third-order valence-electron chi connectivity index (χ3n) is 4.63. The van der Waals surface area contributed by atoms with Crippen LogP contribution in [0, 0.1) is 17.8 Å². The monoisotopic (exact) mass is 279 g/mol. The molecule has 2 rings (SSSR count). The van der Waals surface area contributed by atoms with Gasteiger partial charge in [-0.05, 0) is 37.5 Å². The number of carbonyl (C=O) groups is 2. The largest absolute Gasteiger partial charge is 0.465 e. The van der Waals surface area contributed by atoms with Gasteiger partial charge in [0.1, 0.15) is 0 Å². The van der Waals surface area contributed by atoms with Crippen molar-refractivity contribution in [2.45, 2.75) is 39.5 Å². The molecule has 0 spiro atoms. The van der Waals surface area contributed by atoms with Gasteiger partial charge in [0, 0.05) is 20.0 Å². The van der Waals surface area contributed by atoms with Crippen LogP contribution >= 0.6 is 0 Å². The fourth-order valence-corrected chi connectivity index (χ4v) is 2.98. The molecule has 112 valence electrons. The third-order valence-corrected chi connectivity index (χ3v) is 4.63. The number of hydrogen-bond donors (Lipinski definition) is 0. The Labute approximate surface area is 121 Å². The number of amides is 1. The zero-order valence-electron chi connectivity index (χ0n) is 12.5. The van der Waals surface area contributed by atoms with Crippen LogP contribution in [0.15, 0.2) is 12.2 Å². The molecule has 1 heterocycles. The summed E-state index contributed by atoms with van der Waals surface area (Å²) in [6.45, 7) is 5.69. The van der Waals surface area contributed by atoms with Crippen LogP contribution in [-0.2, 0) is 14.3 Å². The van der Waals surface area contributed by atoms with E-state index in [4.69, 9.17) is 4.74 Å². The Balaban J connectivity index is 1.73. The van der Waals surface area contributed by atoms with Crippen molar-refractivity contribution in [2.24, 2.45) is 17.8 Å². The fraction of sp³-hybridized carbons (Fsp3) is 0.750. The minimum absolute atomic E-state index is 0.0277. The van der Waals surface area contributed by atoms with Gasteiger partial charge in [-0.3, -0.25) is 9.59 Å². The highest BCUT2D eigenvalue weighted by molar-refractivity contribution is 5.75. The van der Waals surface area contributed by atoms with E-state index in [1.165, 1.54) is 0 Å². The molecule has 2 unspecified atom stereocenters. The summed E-state index contributed by atoms with van der Waals surface area (Å²) in [7, 11) is 0. The average Bonchev–Trinajstić information content (AvgIpc) is 2.46. The summed E-state index contributed by atoms with van der Waals surface area (Å²) < 4.78 is 5.51. The molecule has 0 aromatic carbocycles. The van der Waals surface area contributed by atoms with E-state index in [1.54, 1.807) is 11.8 Å². The fourth-order valence-electron chi connectivity index (χ4n) is 2.98. The van der Waals surface area contributed by atoms with E-state index in [2.05, 4.69) is 19.1 Å². The van der Waals surface area contributed by atoms with Crippen LogP contribution < -0.4 is 0 Å². The van der Waals surface area contributed by atoms with Crippen LogP contribution in [0.1, 0.15) is 39.5 Å². The van der Waals surface area contributed by atoms with Gasteiger partial charge in [-0.1, -0.05) is 19.1 Å². The topological polar surface area (TPSA) is 46.6 Å². The summed E-state index contributed by atoms with van der Waals surface area (Å²) in [6, 6.07) is 0. The molecular weight excluding hydrogens is 254 g/mol. The van der Waals surface area contributed by atoms with E-state index in [-0.39, 0.29) is 17.8 Å². The molecule has 0 radical (unpaired) electrons. The van der Waals surface area contributed by atoms with Crippen molar-refractivity contribution in [3.05, 3.63) is 12.2 Å². The smallest absolute Gasteiger partial charge is 0.309 e. The molecule has 0 bridgehead atoms. The number of rotatable bonds is 3. The molecule has 20 heavy (non-hydrogen) atoms. The zero-order chi connectivity index (χ0) is 14.5. The first kappa shape index (κ1) is 15.1. The maximum atomic E-state index is 12.1. The molecule has 2 aliphatic rings. The van der Waals surface area contributed by atoms with Crippen LogP contribution in [0.5, 0.6) is 0 Å². The molecule has 1 amide bonds. The van der Waals surface area contributed by atoms with Crippen LogP contribution in [0.2, 0.25) is 0 Å². The Morgan fingerprint density at radius 1 is 1.20 bits per heavy atom. The SMILES string of the molecule is CC(=O)N1CCC(C(=O)OCC2CC=CCC2C)CC1. The number of carbonyl (C=O) groups excluding carboxylic acids is 2. The van der Waals surface area contributed by atoms with Crippen molar-refractivity contribution in [1.29, 1.82) is 0 Å². The number of hydrogen-bond acceptors (Lipinski definition) is 3. The van der Waals surface area contributed by atoms with Gasteiger partial charge >= 0.3 is 5.97 Å². The second-order valence-corrected chi connectivity index (χ2v) is 6.09. The second kappa shape index (κ2) is 6.91. The number of allylic oxidation sites excluding steroid dienone is 2. The normalized spacial score (nSPS) is 27.4. The molecule has 1 aliphatic carbocycles. The van der Waals surface area contributed by atoms with Crippen molar-refractivity contribution < 1.29 is 14.3 Å².